The number of piperidine rings is 1. The van der Waals surface area contributed by atoms with E-state index >= 15 is 0 Å². The molecule has 5 heteroatoms. The largest absolute Gasteiger partial charge is 0.392 e. The van der Waals surface area contributed by atoms with E-state index in [1.807, 2.05) is 6.92 Å². The van der Waals surface area contributed by atoms with Crippen LogP contribution < -0.4 is 5.32 Å². The molecule has 2 aliphatic rings. The highest BCUT2D eigenvalue weighted by atomic mass is 16.5. The molecule has 128 valence electrons. The fourth-order valence-electron chi connectivity index (χ4n) is 3.81. The van der Waals surface area contributed by atoms with E-state index in [0.29, 0.717) is 13.2 Å². The van der Waals surface area contributed by atoms with Crippen LogP contribution in [0.25, 0.3) is 0 Å². The molecule has 2 fully saturated rings. The standard InChI is InChI=1S/C17H32N2O3/c1-3-5-6-9-18-16(21)13-19-10-7-17(8-11-19)14(20)12-15(17)22-4-2/h14-15,20H,3-13H2,1-2H3,(H,18,21). The Morgan fingerprint density at radius 1 is 1.32 bits per heavy atom. The number of carbonyl (C=O) groups excluding carboxylic acids is 1. The predicted molar refractivity (Wildman–Crippen MR) is 86.7 cm³/mol. The average Bonchev–Trinajstić information content (AvgIpc) is 2.52. The summed E-state index contributed by atoms with van der Waals surface area (Å²) < 4.78 is 5.78. The average molecular weight is 312 g/mol. The first kappa shape index (κ1) is 17.7. The van der Waals surface area contributed by atoms with Gasteiger partial charge in [-0.2, -0.15) is 0 Å². The summed E-state index contributed by atoms with van der Waals surface area (Å²) in [6.45, 7) is 7.91. The Balaban J connectivity index is 1.69. The summed E-state index contributed by atoms with van der Waals surface area (Å²) in [6.07, 6.45) is 6.02. The molecule has 1 aliphatic heterocycles. The van der Waals surface area contributed by atoms with Crippen LogP contribution in [0.2, 0.25) is 0 Å². The van der Waals surface area contributed by atoms with Crippen molar-refractivity contribution >= 4 is 5.91 Å². The fourth-order valence-corrected chi connectivity index (χ4v) is 3.81. The van der Waals surface area contributed by atoms with E-state index in [4.69, 9.17) is 4.74 Å². The molecule has 1 saturated carbocycles. The summed E-state index contributed by atoms with van der Waals surface area (Å²) in [5, 5.41) is 13.2. The van der Waals surface area contributed by atoms with Gasteiger partial charge in [-0.1, -0.05) is 19.8 Å². The number of carbonyl (C=O) groups is 1. The smallest absolute Gasteiger partial charge is 0.234 e. The maximum Gasteiger partial charge on any atom is 0.234 e. The molecule has 0 aromatic carbocycles. The van der Waals surface area contributed by atoms with Crippen LogP contribution in [0.3, 0.4) is 0 Å². The van der Waals surface area contributed by atoms with Crippen molar-refractivity contribution in [3.05, 3.63) is 0 Å². The topological polar surface area (TPSA) is 61.8 Å². The van der Waals surface area contributed by atoms with Crippen molar-refractivity contribution in [2.45, 2.75) is 64.6 Å². The van der Waals surface area contributed by atoms with Crippen LogP contribution in [0.1, 0.15) is 52.4 Å². The molecule has 2 N–H and O–H groups in total. The summed E-state index contributed by atoms with van der Waals surface area (Å²) in [6, 6.07) is 0. The highest BCUT2D eigenvalue weighted by Gasteiger charge is 2.55. The normalized spacial score (nSPS) is 27.6. The zero-order chi connectivity index (χ0) is 16.0. The third kappa shape index (κ3) is 4.00. The van der Waals surface area contributed by atoms with E-state index in [2.05, 4.69) is 17.1 Å². The molecule has 0 aromatic rings. The molecule has 2 atom stereocenters. The number of rotatable bonds is 8. The summed E-state index contributed by atoms with van der Waals surface area (Å²) in [5.41, 5.74) is -0.0515. The third-order valence-electron chi connectivity index (χ3n) is 5.37. The van der Waals surface area contributed by atoms with Crippen LogP contribution in [0, 0.1) is 5.41 Å². The van der Waals surface area contributed by atoms with Gasteiger partial charge in [-0.25, -0.2) is 0 Å². The first-order valence-electron chi connectivity index (χ1n) is 8.91. The van der Waals surface area contributed by atoms with E-state index in [-0.39, 0.29) is 23.5 Å². The van der Waals surface area contributed by atoms with Gasteiger partial charge in [0.25, 0.3) is 0 Å². The molecule has 1 saturated heterocycles. The molecule has 1 spiro atoms. The highest BCUT2D eigenvalue weighted by Crippen LogP contribution is 2.50. The molecule has 1 heterocycles. The van der Waals surface area contributed by atoms with Gasteiger partial charge in [0.1, 0.15) is 0 Å². The van der Waals surface area contributed by atoms with Gasteiger partial charge in [-0.05, 0) is 39.3 Å². The van der Waals surface area contributed by atoms with Gasteiger partial charge < -0.3 is 15.2 Å². The minimum absolute atomic E-state index is 0.0515. The van der Waals surface area contributed by atoms with E-state index in [1.54, 1.807) is 0 Å². The summed E-state index contributed by atoms with van der Waals surface area (Å²) in [7, 11) is 0. The number of likely N-dealkylation sites (tertiary alicyclic amines) is 1. The highest BCUT2D eigenvalue weighted by molar-refractivity contribution is 5.77. The quantitative estimate of drug-likeness (QED) is 0.668. The number of aliphatic hydroxyl groups excluding tert-OH is 1. The van der Waals surface area contributed by atoms with Gasteiger partial charge in [0, 0.05) is 25.0 Å². The Kier molecular flexibility index (Phi) is 6.66. The van der Waals surface area contributed by atoms with Crippen LogP contribution in [0.5, 0.6) is 0 Å². The fraction of sp³-hybridized carbons (Fsp3) is 0.941. The Morgan fingerprint density at radius 2 is 2.05 bits per heavy atom. The molecule has 0 radical (unpaired) electrons. The van der Waals surface area contributed by atoms with Crippen molar-refractivity contribution < 1.29 is 14.6 Å². The number of unbranched alkanes of at least 4 members (excludes halogenated alkanes) is 2. The molecule has 1 aliphatic carbocycles. The summed E-state index contributed by atoms with van der Waals surface area (Å²) >= 11 is 0. The lowest BCUT2D eigenvalue weighted by atomic mass is 9.58. The van der Waals surface area contributed by atoms with Gasteiger partial charge in [-0.15, -0.1) is 0 Å². The second-order valence-corrected chi connectivity index (χ2v) is 6.76. The van der Waals surface area contributed by atoms with Crippen molar-refractivity contribution in [2.75, 3.05) is 32.8 Å². The number of amides is 1. The molecule has 2 rings (SSSR count). The lowest BCUT2D eigenvalue weighted by molar-refractivity contribution is -0.209. The van der Waals surface area contributed by atoms with Crippen LogP contribution in [-0.4, -0.2) is 60.9 Å². The lowest BCUT2D eigenvalue weighted by Gasteiger charge is -2.56. The van der Waals surface area contributed by atoms with E-state index in [9.17, 15) is 9.90 Å². The van der Waals surface area contributed by atoms with Gasteiger partial charge in [0.2, 0.25) is 5.91 Å². The van der Waals surface area contributed by atoms with Gasteiger partial charge in [-0.3, -0.25) is 9.69 Å². The van der Waals surface area contributed by atoms with Crippen LogP contribution in [0.4, 0.5) is 0 Å². The second kappa shape index (κ2) is 8.27. The summed E-state index contributed by atoms with van der Waals surface area (Å²) in [4.78, 5) is 14.1. The van der Waals surface area contributed by atoms with Crippen LogP contribution >= 0.6 is 0 Å². The molecular weight excluding hydrogens is 280 g/mol. The van der Waals surface area contributed by atoms with E-state index < -0.39 is 0 Å². The lowest BCUT2D eigenvalue weighted by Crippen LogP contribution is -2.62. The SMILES string of the molecule is CCCCCNC(=O)CN1CCC2(CC1)C(O)CC2OCC. The number of nitrogens with zero attached hydrogens (tertiary/aromatic N) is 1. The number of hydrogen-bond donors (Lipinski definition) is 2. The molecule has 1 amide bonds. The molecule has 5 nitrogen and oxygen atoms in total. The Hall–Kier alpha value is -0.650. The second-order valence-electron chi connectivity index (χ2n) is 6.76. The van der Waals surface area contributed by atoms with Gasteiger partial charge in [0.15, 0.2) is 0 Å². The van der Waals surface area contributed by atoms with Crippen molar-refractivity contribution in [1.82, 2.24) is 10.2 Å². The van der Waals surface area contributed by atoms with Crippen molar-refractivity contribution in [3.8, 4) is 0 Å². The van der Waals surface area contributed by atoms with Gasteiger partial charge in [0.05, 0.1) is 18.8 Å². The first-order chi connectivity index (χ1) is 10.6. The monoisotopic (exact) mass is 312 g/mol. The number of aliphatic hydroxyl groups is 1. The minimum Gasteiger partial charge on any atom is -0.392 e. The molecule has 0 bridgehead atoms. The molecule has 22 heavy (non-hydrogen) atoms. The maximum atomic E-state index is 11.9. The minimum atomic E-state index is -0.228. The summed E-state index contributed by atoms with van der Waals surface area (Å²) in [5.74, 6) is 0.127. The molecular formula is C17H32N2O3. The number of ether oxygens (including phenoxy) is 1. The van der Waals surface area contributed by atoms with E-state index in [0.717, 1.165) is 45.3 Å². The predicted octanol–water partition coefficient (Wildman–Crippen LogP) is 1.54. The Morgan fingerprint density at radius 3 is 2.64 bits per heavy atom. The van der Waals surface area contributed by atoms with Gasteiger partial charge >= 0.3 is 0 Å². The van der Waals surface area contributed by atoms with Crippen molar-refractivity contribution in [2.24, 2.45) is 5.41 Å². The number of hydrogen-bond acceptors (Lipinski definition) is 4. The van der Waals surface area contributed by atoms with Crippen LogP contribution in [0.15, 0.2) is 0 Å². The Labute approximate surface area is 134 Å². The van der Waals surface area contributed by atoms with E-state index in [1.165, 1.54) is 12.8 Å². The van der Waals surface area contributed by atoms with Crippen molar-refractivity contribution in [1.29, 1.82) is 0 Å². The zero-order valence-corrected chi connectivity index (χ0v) is 14.1. The first-order valence-corrected chi connectivity index (χ1v) is 8.91. The number of nitrogens with one attached hydrogen (secondary N) is 1. The van der Waals surface area contributed by atoms with Crippen LogP contribution in [-0.2, 0) is 9.53 Å². The third-order valence-corrected chi connectivity index (χ3v) is 5.37. The Bertz CT molecular complexity index is 352. The maximum absolute atomic E-state index is 11.9. The molecule has 0 aromatic heterocycles. The van der Waals surface area contributed by atoms with Crippen molar-refractivity contribution in [3.63, 3.8) is 0 Å². The molecule has 2 unspecified atom stereocenters. The zero-order valence-electron chi connectivity index (χ0n) is 14.1.